The number of carbonyl (C=O) groups excluding carboxylic acids is 2. The first kappa shape index (κ1) is 16.1. The second-order valence-electron chi connectivity index (χ2n) is 6.57. The lowest BCUT2D eigenvalue weighted by Gasteiger charge is -2.30. The number of aryl methyl sites for hydroxylation is 1. The molecule has 0 radical (unpaired) electrons. The zero-order valence-corrected chi connectivity index (χ0v) is 14.7. The van der Waals surface area contributed by atoms with Gasteiger partial charge < -0.3 is 14.4 Å². The summed E-state index contributed by atoms with van der Waals surface area (Å²) in [4.78, 5) is 27.9. The molecule has 0 bridgehead atoms. The number of nitrogens with zero attached hydrogens (tertiary/aromatic N) is 1. The highest BCUT2D eigenvalue weighted by atomic mass is 32.1. The molecule has 1 N–H and O–H groups in total. The van der Waals surface area contributed by atoms with Crippen molar-refractivity contribution < 1.29 is 19.1 Å². The third-order valence-corrected chi connectivity index (χ3v) is 5.85. The van der Waals surface area contributed by atoms with Gasteiger partial charge in [-0.15, -0.1) is 11.3 Å². The highest BCUT2D eigenvalue weighted by Crippen LogP contribution is 2.43. The van der Waals surface area contributed by atoms with Crippen LogP contribution in [0.15, 0.2) is 45.4 Å². The van der Waals surface area contributed by atoms with Crippen LogP contribution in [-0.4, -0.2) is 27.7 Å². The summed E-state index contributed by atoms with van der Waals surface area (Å²) in [5, 5.41) is 12.3. The average Bonchev–Trinajstić information content (AvgIpc) is 3.36. The van der Waals surface area contributed by atoms with Crippen LogP contribution < -0.4 is 0 Å². The smallest absolute Gasteiger partial charge is 0.290 e. The summed E-state index contributed by atoms with van der Waals surface area (Å²) in [6.07, 6.45) is 3.87. The lowest BCUT2D eigenvalue weighted by atomic mass is 9.99. The van der Waals surface area contributed by atoms with E-state index in [9.17, 15) is 14.7 Å². The summed E-state index contributed by atoms with van der Waals surface area (Å²) >= 11 is 1.30. The Hall–Kier alpha value is -2.34. The summed E-state index contributed by atoms with van der Waals surface area (Å²) in [7, 11) is 0. The van der Waals surface area contributed by atoms with E-state index >= 15 is 0 Å². The van der Waals surface area contributed by atoms with Crippen molar-refractivity contribution >= 4 is 23.0 Å². The number of furan rings is 1. The largest absolute Gasteiger partial charge is 0.503 e. The van der Waals surface area contributed by atoms with Crippen LogP contribution in [0.3, 0.4) is 0 Å². The molecule has 0 spiro atoms. The standard InChI is InChI=1S/C19H19NO4S/c1-11-8-9-13(24-11)16-15(17(21)14-7-4-10-25-14)18(22)19(23)20(16)12-5-2-3-6-12/h4,7-10,12,16,22H,2-3,5-6H2,1H3. The van der Waals surface area contributed by atoms with E-state index in [0.717, 1.165) is 25.7 Å². The fourth-order valence-corrected chi connectivity index (χ4v) is 4.51. The van der Waals surface area contributed by atoms with Crippen LogP contribution in [-0.2, 0) is 4.79 Å². The van der Waals surface area contributed by atoms with Gasteiger partial charge in [0.05, 0.1) is 10.5 Å². The second-order valence-corrected chi connectivity index (χ2v) is 7.52. The Morgan fingerprint density at radius 3 is 2.64 bits per heavy atom. The van der Waals surface area contributed by atoms with Gasteiger partial charge in [0.1, 0.15) is 17.6 Å². The quantitative estimate of drug-likeness (QED) is 0.834. The Labute approximate surface area is 149 Å². The van der Waals surface area contributed by atoms with Crippen LogP contribution in [0.2, 0.25) is 0 Å². The molecule has 3 heterocycles. The summed E-state index contributed by atoms with van der Waals surface area (Å²) in [6.45, 7) is 1.82. The first-order chi connectivity index (χ1) is 12.1. The number of carbonyl (C=O) groups is 2. The van der Waals surface area contributed by atoms with Gasteiger partial charge in [-0.2, -0.15) is 0 Å². The Bertz CT molecular complexity index is 843. The molecular weight excluding hydrogens is 338 g/mol. The topological polar surface area (TPSA) is 70.8 Å². The maximum absolute atomic E-state index is 13.0. The molecule has 130 valence electrons. The van der Waals surface area contributed by atoms with Crippen molar-refractivity contribution in [3.05, 3.63) is 57.4 Å². The van der Waals surface area contributed by atoms with Gasteiger partial charge in [-0.3, -0.25) is 9.59 Å². The lowest BCUT2D eigenvalue weighted by molar-refractivity contribution is -0.132. The van der Waals surface area contributed by atoms with Gasteiger partial charge in [-0.25, -0.2) is 0 Å². The van der Waals surface area contributed by atoms with Crippen molar-refractivity contribution in [3.8, 4) is 0 Å². The molecule has 1 aliphatic carbocycles. The number of amides is 1. The van der Waals surface area contributed by atoms with E-state index in [4.69, 9.17) is 4.42 Å². The van der Waals surface area contributed by atoms with E-state index in [1.807, 2.05) is 18.4 Å². The number of aliphatic hydroxyl groups excluding tert-OH is 1. The molecule has 2 aliphatic rings. The average molecular weight is 357 g/mol. The first-order valence-electron chi connectivity index (χ1n) is 8.48. The molecule has 0 aromatic carbocycles. The summed E-state index contributed by atoms with van der Waals surface area (Å²) < 4.78 is 5.76. The summed E-state index contributed by atoms with van der Waals surface area (Å²) in [6, 6.07) is 6.47. The zero-order valence-electron chi connectivity index (χ0n) is 13.9. The van der Waals surface area contributed by atoms with E-state index in [1.165, 1.54) is 11.3 Å². The molecular formula is C19H19NO4S. The predicted octanol–water partition coefficient (Wildman–Crippen LogP) is 4.17. The molecule has 25 heavy (non-hydrogen) atoms. The Morgan fingerprint density at radius 1 is 1.28 bits per heavy atom. The lowest BCUT2D eigenvalue weighted by Crippen LogP contribution is -2.38. The summed E-state index contributed by atoms with van der Waals surface area (Å²) in [5.41, 5.74) is 0.133. The first-order valence-corrected chi connectivity index (χ1v) is 9.36. The molecule has 2 aromatic rings. The Balaban J connectivity index is 1.81. The maximum Gasteiger partial charge on any atom is 0.290 e. The number of thiophene rings is 1. The normalized spacial score (nSPS) is 21.6. The van der Waals surface area contributed by atoms with Crippen LogP contribution in [0.1, 0.15) is 52.9 Å². The number of hydrogen-bond donors (Lipinski definition) is 1. The van der Waals surface area contributed by atoms with Gasteiger partial charge in [0.15, 0.2) is 5.76 Å². The minimum absolute atomic E-state index is 0.0266. The van der Waals surface area contributed by atoms with Gasteiger partial charge in [0.2, 0.25) is 5.78 Å². The van der Waals surface area contributed by atoms with Crippen LogP contribution in [0.5, 0.6) is 0 Å². The molecule has 5 nitrogen and oxygen atoms in total. The third kappa shape index (κ3) is 2.61. The molecule has 1 amide bonds. The van der Waals surface area contributed by atoms with Gasteiger partial charge in [0.25, 0.3) is 5.91 Å². The van der Waals surface area contributed by atoms with E-state index in [1.54, 1.807) is 23.1 Å². The van der Waals surface area contributed by atoms with Crippen LogP contribution in [0.25, 0.3) is 0 Å². The minimum atomic E-state index is -0.654. The minimum Gasteiger partial charge on any atom is -0.503 e. The maximum atomic E-state index is 13.0. The molecule has 6 heteroatoms. The van der Waals surface area contributed by atoms with Crippen molar-refractivity contribution in [3.63, 3.8) is 0 Å². The molecule has 1 unspecified atom stereocenters. The van der Waals surface area contributed by atoms with Crippen molar-refractivity contribution in [2.75, 3.05) is 0 Å². The van der Waals surface area contributed by atoms with Gasteiger partial charge in [-0.05, 0) is 43.3 Å². The van der Waals surface area contributed by atoms with Crippen molar-refractivity contribution in [2.45, 2.75) is 44.7 Å². The van der Waals surface area contributed by atoms with Crippen molar-refractivity contribution in [1.29, 1.82) is 0 Å². The SMILES string of the molecule is Cc1ccc(C2C(C(=O)c3cccs3)=C(O)C(=O)N2C2CCCC2)o1. The Kier molecular flexibility index (Phi) is 4.00. The molecule has 1 atom stereocenters. The number of aliphatic hydroxyl groups is 1. The molecule has 4 rings (SSSR count). The van der Waals surface area contributed by atoms with Gasteiger partial charge in [-0.1, -0.05) is 18.9 Å². The monoisotopic (exact) mass is 357 g/mol. The number of hydrogen-bond acceptors (Lipinski definition) is 5. The molecule has 1 saturated carbocycles. The second kappa shape index (κ2) is 6.19. The molecule has 2 aromatic heterocycles. The third-order valence-electron chi connectivity index (χ3n) is 4.98. The van der Waals surface area contributed by atoms with E-state index < -0.39 is 17.7 Å². The highest BCUT2D eigenvalue weighted by molar-refractivity contribution is 7.12. The molecule has 1 fully saturated rings. The van der Waals surface area contributed by atoms with Crippen molar-refractivity contribution in [2.24, 2.45) is 0 Å². The van der Waals surface area contributed by atoms with Crippen LogP contribution >= 0.6 is 11.3 Å². The number of ketones is 1. The van der Waals surface area contributed by atoms with E-state index in [2.05, 4.69) is 0 Å². The Morgan fingerprint density at radius 2 is 2.04 bits per heavy atom. The van der Waals surface area contributed by atoms with Gasteiger partial charge in [0, 0.05) is 6.04 Å². The fraction of sp³-hybridized carbons (Fsp3) is 0.368. The van der Waals surface area contributed by atoms with Crippen molar-refractivity contribution in [1.82, 2.24) is 4.90 Å². The van der Waals surface area contributed by atoms with E-state index in [0.29, 0.717) is 16.4 Å². The van der Waals surface area contributed by atoms with Crippen LogP contribution in [0.4, 0.5) is 0 Å². The predicted molar refractivity (Wildman–Crippen MR) is 93.6 cm³/mol. The van der Waals surface area contributed by atoms with E-state index in [-0.39, 0.29) is 17.4 Å². The zero-order chi connectivity index (χ0) is 17.6. The molecule has 1 aliphatic heterocycles. The number of rotatable bonds is 4. The molecule has 0 saturated heterocycles. The van der Waals surface area contributed by atoms with Gasteiger partial charge >= 0.3 is 0 Å². The summed E-state index contributed by atoms with van der Waals surface area (Å²) in [5.74, 6) is 0.0282. The fourth-order valence-electron chi connectivity index (χ4n) is 3.83. The highest BCUT2D eigenvalue weighted by Gasteiger charge is 2.48. The van der Waals surface area contributed by atoms with Crippen LogP contribution in [0, 0.1) is 6.92 Å². The number of Topliss-reactive ketones (excluding diaryl/α,β-unsaturated/α-hetero) is 1.